The minimum absolute atomic E-state index is 0.0469. The van der Waals surface area contributed by atoms with Crippen molar-refractivity contribution in [2.45, 2.75) is 71.4 Å². The van der Waals surface area contributed by atoms with E-state index in [9.17, 15) is 14.7 Å². The highest BCUT2D eigenvalue weighted by atomic mass is 32.1. The van der Waals surface area contributed by atoms with Crippen molar-refractivity contribution in [1.82, 2.24) is 30.0 Å². The molecule has 4 fully saturated rings. The first-order chi connectivity index (χ1) is 25.9. The molecule has 4 aromatic heterocycles. The first kappa shape index (κ1) is 34.8. The minimum atomic E-state index is -1.12. The molecule has 4 saturated carbocycles. The lowest BCUT2D eigenvalue weighted by Gasteiger charge is -2.69. The average Bonchev–Trinajstić information content (AvgIpc) is 3.82. The number of amides is 1. The zero-order chi connectivity index (χ0) is 37.5. The lowest BCUT2D eigenvalue weighted by atomic mass is 9.39. The molecule has 1 amide bonds. The first-order valence-corrected chi connectivity index (χ1v) is 19.5. The summed E-state index contributed by atoms with van der Waals surface area (Å²) in [4.78, 5) is 38.8. The molecule has 2 atom stereocenters. The van der Waals surface area contributed by atoms with E-state index >= 15 is 0 Å². The molecular weight excluding hydrogens is 699 g/mol. The fraction of sp³-hybridized carbons (Fsp3) is 0.405. The van der Waals surface area contributed by atoms with Gasteiger partial charge in [-0.15, -0.1) is 0 Å². The summed E-state index contributed by atoms with van der Waals surface area (Å²) < 4.78 is 9.83. The number of rotatable bonds is 11. The maximum absolute atomic E-state index is 13.5. The van der Waals surface area contributed by atoms with E-state index in [1.54, 1.807) is 12.3 Å². The number of carbonyl (C=O) groups is 2. The molecule has 10 rings (SSSR count). The third-order valence-electron chi connectivity index (χ3n) is 12.1. The Morgan fingerprint density at radius 2 is 1.76 bits per heavy atom. The highest BCUT2D eigenvalue weighted by molar-refractivity contribution is 7.22. The Morgan fingerprint density at radius 3 is 2.52 bits per heavy atom. The molecule has 4 heterocycles. The normalized spacial score (nSPS) is 25.9. The zero-order valence-electron chi connectivity index (χ0n) is 31.1. The van der Waals surface area contributed by atoms with Crippen molar-refractivity contribution in [2.75, 3.05) is 25.5 Å². The van der Waals surface area contributed by atoms with Gasteiger partial charge in [-0.25, -0.2) is 14.8 Å². The maximum atomic E-state index is 13.5. The standard InChI is InChI=1S/C42H45N7O4S/c1-25-29(17-44-49(25)24-41-19-39(2)18-40(3,20-41)22-42(21-39,23-41)53-15-14-43-4)27-12-13-30(45-35(27)37(51)52)32-16-26-8-7-9-28(34(26)46-32)36(50)48-38-47-31-10-5-6-11-33(31)54-38/h5-13,16-17,43,46H,14-15,18-24H2,1-4H3,(H,51,52)(H,47,48,50). The fourth-order valence-corrected chi connectivity index (χ4v) is 12.1. The minimum Gasteiger partial charge on any atom is -0.476 e. The number of benzene rings is 2. The molecule has 4 aliphatic rings. The molecule has 278 valence electrons. The number of carboxylic acids is 1. The quantitative estimate of drug-likeness (QED) is 0.0970. The van der Waals surface area contributed by atoms with Crippen LogP contribution in [0.5, 0.6) is 0 Å². The number of aromatic nitrogens is 5. The number of H-pyrrole nitrogens is 1. The molecule has 6 aromatic rings. The predicted octanol–water partition coefficient (Wildman–Crippen LogP) is 8.32. The molecule has 11 nitrogen and oxygen atoms in total. The predicted molar refractivity (Wildman–Crippen MR) is 211 cm³/mol. The van der Waals surface area contributed by atoms with E-state index in [2.05, 4.69) is 44.1 Å². The van der Waals surface area contributed by atoms with Crippen LogP contribution in [-0.2, 0) is 11.3 Å². The van der Waals surface area contributed by atoms with Gasteiger partial charge in [-0.1, -0.05) is 49.4 Å². The summed E-state index contributed by atoms with van der Waals surface area (Å²) in [7, 11) is 1.97. The van der Waals surface area contributed by atoms with Gasteiger partial charge in [0, 0.05) is 35.3 Å². The number of fused-ring (bicyclic) bond motifs is 2. The molecule has 4 bridgehead atoms. The molecule has 2 unspecified atom stereocenters. The van der Waals surface area contributed by atoms with Gasteiger partial charge < -0.3 is 20.1 Å². The SMILES string of the molecule is CNCCOC12CC3(C)CC(C)(CC(Cn4ncc(-c5ccc(-c6cc7cccc(C(=O)Nc8nc9ccccc9s8)c7[nH]6)nc5C(=O)O)c4C)(C3)C1)C2. The Labute approximate surface area is 317 Å². The monoisotopic (exact) mass is 743 g/mol. The third-order valence-corrected chi connectivity index (χ3v) is 13.0. The van der Waals surface area contributed by atoms with Crippen LogP contribution >= 0.6 is 11.3 Å². The third kappa shape index (κ3) is 6.00. The van der Waals surface area contributed by atoms with Crippen molar-refractivity contribution in [3.63, 3.8) is 0 Å². The molecule has 4 N–H and O–H groups in total. The van der Waals surface area contributed by atoms with Gasteiger partial charge in [0.2, 0.25) is 0 Å². The number of aromatic amines is 1. The summed E-state index contributed by atoms with van der Waals surface area (Å²) in [5.74, 6) is -1.41. The number of para-hydroxylation sites is 2. The highest BCUT2D eigenvalue weighted by Crippen LogP contribution is 2.72. The summed E-state index contributed by atoms with van der Waals surface area (Å²) in [6.45, 7) is 9.27. The van der Waals surface area contributed by atoms with Crippen LogP contribution < -0.4 is 10.6 Å². The Balaban J connectivity index is 0.996. The molecule has 12 heteroatoms. The number of pyridine rings is 1. The van der Waals surface area contributed by atoms with E-state index < -0.39 is 5.97 Å². The topological polar surface area (TPSA) is 147 Å². The fourth-order valence-electron chi connectivity index (χ4n) is 11.3. The van der Waals surface area contributed by atoms with Gasteiger partial charge in [-0.2, -0.15) is 5.10 Å². The van der Waals surface area contributed by atoms with Crippen molar-refractivity contribution in [2.24, 2.45) is 16.2 Å². The molecular formula is C42H45N7O4S. The first-order valence-electron chi connectivity index (χ1n) is 18.7. The molecule has 54 heavy (non-hydrogen) atoms. The van der Waals surface area contributed by atoms with Crippen LogP contribution in [0, 0.1) is 23.2 Å². The lowest BCUT2D eigenvalue weighted by molar-refractivity contribution is -0.247. The second-order valence-electron chi connectivity index (χ2n) is 16.9. The summed E-state index contributed by atoms with van der Waals surface area (Å²) in [5, 5.41) is 22.9. The summed E-state index contributed by atoms with van der Waals surface area (Å²) in [6.07, 6.45) is 8.56. The summed E-state index contributed by atoms with van der Waals surface area (Å²) >= 11 is 1.42. The largest absolute Gasteiger partial charge is 0.476 e. The second kappa shape index (κ2) is 12.6. The summed E-state index contributed by atoms with van der Waals surface area (Å²) in [5.41, 5.74) is 5.57. The van der Waals surface area contributed by atoms with Crippen molar-refractivity contribution in [1.29, 1.82) is 0 Å². The maximum Gasteiger partial charge on any atom is 0.355 e. The molecule has 2 aromatic carbocycles. The van der Waals surface area contributed by atoms with Gasteiger partial charge in [-0.3, -0.25) is 14.8 Å². The number of anilines is 1. The van der Waals surface area contributed by atoms with Gasteiger partial charge in [0.1, 0.15) is 0 Å². The molecule has 0 radical (unpaired) electrons. The average molecular weight is 744 g/mol. The molecule has 0 spiro atoms. The number of carbonyl (C=O) groups excluding carboxylic acids is 1. The van der Waals surface area contributed by atoms with Crippen molar-refractivity contribution in [3.05, 3.63) is 83.8 Å². The molecule has 4 aliphatic carbocycles. The Kier molecular flexibility index (Phi) is 8.11. The van der Waals surface area contributed by atoms with E-state index in [0.29, 0.717) is 39.8 Å². The van der Waals surface area contributed by atoms with Crippen molar-refractivity contribution in [3.8, 4) is 22.5 Å². The number of nitrogens with one attached hydrogen (secondary N) is 3. The van der Waals surface area contributed by atoms with E-state index in [-0.39, 0.29) is 33.4 Å². The molecule has 0 aliphatic heterocycles. The summed E-state index contributed by atoms with van der Waals surface area (Å²) in [6, 6.07) is 18.8. The van der Waals surface area contributed by atoms with Crippen LogP contribution in [0.4, 0.5) is 5.13 Å². The lowest BCUT2D eigenvalue weighted by Crippen LogP contribution is -2.64. The van der Waals surface area contributed by atoms with Gasteiger partial charge in [0.05, 0.1) is 51.1 Å². The van der Waals surface area contributed by atoms with Gasteiger partial charge in [-0.05, 0) is 105 Å². The van der Waals surface area contributed by atoms with Gasteiger partial charge >= 0.3 is 5.97 Å². The highest BCUT2D eigenvalue weighted by Gasteiger charge is 2.66. The Morgan fingerprint density at radius 1 is 0.963 bits per heavy atom. The number of thiazole rings is 1. The Bertz CT molecular complexity index is 2410. The smallest absolute Gasteiger partial charge is 0.355 e. The van der Waals surface area contributed by atoms with Crippen LogP contribution in [0.15, 0.2) is 66.9 Å². The van der Waals surface area contributed by atoms with Crippen LogP contribution in [0.3, 0.4) is 0 Å². The van der Waals surface area contributed by atoms with E-state index in [1.165, 1.54) is 17.8 Å². The number of aromatic carboxylic acids is 1. The van der Waals surface area contributed by atoms with Gasteiger partial charge in [0.25, 0.3) is 5.91 Å². The van der Waals surface area contributed by atoms with Crippen LogP contribution in [-0.4, -0.2) is 67.5 Å². The van der Waals surface area contributed by atoms with Crippen LogP contribution in [0.1, 0.15) is 78.9 Å². The van der Waals surface area contributed by atoms with Gasteiger partial charge in [0.15, 0.2) is 10.8 Å². The van der Waals surface area contributed by atoms with Crippen molar-refractivity contribution >= 4 is 49.5 Å². The number of likely N-dealkylation sites (N-methyl/N-ethyl adjacent to an activating group) is 1. The van der Waals surface area contributed by atoms with Crippen LogP contribution in [0.25, 0.3) is 43.6 Å². The number of hydrogen-bond acceptors (Lipinski definition) is 8. The van der Waals surface area contributed by atoms with E-state index in [1.807, 2.05) is 68.6 Å². The second-order valence-corrected chi connectivity index (χ2v) is 17.9. The molecule has 0 saturated heterocycles. The number of carboxylic acid groups (broad SMARTS) is 1. The number of nitrogens with zero attached hydrogens (tertiary/aromatic N) is 4. The van der Waals surface area contributed by atoms with E-state index in [0.717, 1.165) is 72.1 Å². The Hall–Kier alpha value is -4.91. The van der Waals surface area contributed by atoms with Crippen molar-refractivity contribution < 1.29 is 19.4 Å². The van der Waals surface area contributed by atoms with E-state index in [4.69, 9.17) is 9.84 Å². The van der Waals surface area contributed by atoms with Crippen LogP contribution in [0.2, 0.25) is 0 Å². The zero-order valence-corrected chi connectivity index (χ0v) is 31.9. The number of hydrogen-bond donors (Lipinski definition) is 4. The number of ether oxygens (including phenoxy) is 1.